The number of fused-ring (bicyclic) bond motifs is 6. The maximum Gasteiger partial charge on any atom is 0.267 e. The normalized spacial score (nSPS) is 11.7. The number of methoxy groups -OCH3 is 2. The lowest BCUT2D eigenvalue weighted by Crippen LogP contribution is -2.30. The van der Waals surface area contributed by atoms with E-state index < -0.39 is 0 Å². The van der Waals surface area contributed by atoms with Crippen molar-refractivity contribution in [3.8, 4) is 17.2 Å². The van der Waals surface area contributed by atoms with Gasteiger partial charge in [-0.05, 0) is 54.4 Å². The van der Waals surface area contributed by atoms with Crippen LogP contribution >= 0.6 is 0 Å². The van der Waals surface area contributed by atoms with Crippen LogP contribution in [0.4, 0.5) is 0 Å². The van der Waals surface area contributed by atoms with Crippen molar-refractivity contribution in [3.05, 3.63) is 89.0 Å². The number of pyridine rings is 2. The largest absolute Gasteiger partial charge is 0.493 e. The highest BCUT2D eigenvalue weighted by Crippen LogP contribution is 2.39. The molecule has 9 nitrogen and oxygen atoms in total. The van der Waals surface area contributed by atoms with E-state index in [1.165, 1.54) is 7.11 Å². The molecule has 0 aliphatic carbocycles. The first-order valence-corrected chi connectivity index (χ1v) is 13.3. The fourth-order valence-electron chi connectivity index (χ4n) is 5.77. The zero-order valence-corrected chi connectivity index (χ0v) is 22.5. The third-order valence-corrected chi connectivity index (χ3v) is 7.63. The lowest BCUT2D eigenvalue weighted by molar-refractivity contribution is -0.123. The first-order valence-electron chi connectivity index (χ1n) is 13.3. The zero-order chi connectivity index (χ0) is 28.1. The maximum absolute atomic E-state index is 13.9. The number of carbonyl (C=O) groups excluding carboxylic acids is 1. The number of aromatic amines is 1. The second kappa shape index (κ2) is 9.71. The minimum absolute atomic E-state index is 0.119. The van der Waals surface area contributed by atoms with Crippen LogP contribution < -0.4 is 25.1 Å². The monoisotopic (exact) mass is 546 g/mol. The molecule has 0 bridgehead atoms. The molecule has 1 amide bonds. The highest BCUT2D eigenvalue weighted by molar-refractivity contribution is 6.19. The molecule has 3 aromatic carbocycles. The molecule has 7 aromatic rings. The second-order valence-corrected chi connectivity index (χ2v) is 9.85. The summed E-state index contributed by atoms with van der Waals surface area (Å²) in [6.45, 7) is 0.384. The Hall–Kier alpha value is -5.31. The summed E-state index contributed by atoms with van der Waals surface area (Å²) < 4.78 is 18.6. The van der Waals surface area contributed by atoms with Gasteiger partial charge in [0.1, 0.15) is 5.75 Å². The van der Waals surface area contributed by atoms with Crippen LogP contribution in [0, 0.1) is 0 Å². The molecule has 7 rings (SSSR count). The minimum atomic E-state index is -0.223. The quantitative estimate of drug-likeness (QED) is 0.265. The fourth-order valence-corrected chi connectivity index (χ4v) is 5.77. The molecule has 0 spiro atoms. The number of aromatic nitrogens is 3. The molecule has 4 heterocycles. The average molecular weight is 547 g/mol. The molecular formula is C32H26N4O5. The van der Waals surface area contributed by atoms with Crippen molar-refractivity contribution in [2.45, 2.75) is 6.42 Å². The summed E-state index contributed by atoms with van der Waals surface area (Å²) >= 11 is 0. The summed E-state index contributed by atoms with van der Waals surface area (Å²) in [6, 6.07) is 19.1. The molecule has 41 heavy (non-hydrogen) atoms. The molecule has 204 valence electrons. The van der Waals surface area contributed by atoms with Gasteiger partial charge in [-0.3, -0.25) is 19.0 Å². The number of hydrogen-bond donors (Lipinski definition) is 2. The third kappa shape index (κ3) is 3.88. The van der Waals surface area contributed by atoms with Gasteiger partial charge in [-0.2, -0.15) is 0 Å². The van der Waals surface area contributed by atoms with Crippen LogP contribution in [-0.4, -0.2) is 47.6 Å². The lowest BCUT2D eigenvalue weighted by Gasteiger charge is -2.12. The highest BCUT2D eigenvalue weighted by Gasteiger charge is 2.22. The van der Waals surface area contributed by atoms with Gasteiger partial charge >= 0.3 is 0 Å². The predicted octanol–water partition coefficient (Wildman–Crippen LogP) is 4.83. The van der Waals surface area contributed by atoms with Crippen LogP contribution in [0.2, 0.25) is 0 Å². The molecule has 0 unspecified atom stereocenters. The maximum atomic E-state index is 13.9. The summed E-state index contributed by atoms with van der Waals surface area (Å²) in [4.78, 5) is 34.3. The average Bonchev–Trinajstić information content (AvgIpc) is 3.57. The summed E-state index contributed by atoms with van der Waals surface area (Å²) in [6.07, 6.45) is 4.42. The zero-order valence-electron chi connectivity index (χ0n) is 22.5. The van der Waals surface area contributed by atoms with Crippen molar-refractivity contribution in [1.82, 2.24) is 19.7 Å². The van der Waals surface area contributed by atoms with Crippen molar-refractivity contribution < 1.29 is 19.0 Å². The van der Waals surface area contributed by atoms with Crippen molar-refractivity contribution in [2.24, 2.45) is 0 Å². The number of benzene rings is 3. The van der Waals surface area contributed by atoms with E-state index in [9.17, 15) is 9.59 Å². The van der Waals surface area contributed by atoms with Crippen molar-refractivity contribution >= 4 is 54.9 Å². The molecule has 0 aliphatic heterocycles. The van der Waals surface area contributed by atoms with Crippen LogP contribution in [0.25, 0.3) is 49.0 Å². The van der Waals surface area contributed by atoms with E-state index >= 15 is 0 Å². The second-order valence-electron chi connectivity index (χ2n) is 9.85. The number of H-pyrrole nitrogens is 1. The molecule has 0 aliphatic rings. The Morgan fingerprint density at radius 1 is 0.976 bits per heavy atom. The van der Waals surface area contributed by atoms with Gasteiger partial charge in [0.15, 0.2) is 18.1 Å². The van der Waals surface area contributed by atoms with Gasteiger partial charge in [-0.15, -0.1) is 0 Å². The third-order valence-electron chi connectivity index (χ3n) is 7.63. The fraction of sp³-hybridized carbons (Fsp3) is 0.156. The van der Waals surface area contributed by atoms with E-state index in [4.69, 9.17) is 14.2 Å². The molecule has 9 heteroatoms. The van der Waals surface area contributed by atoms with Crippen LogP contribution in [0.15, 0.2) is 77.9 Å². The highest BCUT2D eigenvalue weighted by atomic mass is 16.5. The Kier molecular flexibility index (Phi) is 5.85. The molecule has 0 saturated carbocycles. The Morgan fingerprint density at radius 3 is 2.71 bits per heavy atom. The molecule has 0 radical (unpaired) electrons. The van der Waals surface area contributed by atoms with E-state index in [0.717, 1.165) is 32.8 Å². The van der Waals surface area contributed by atoms with Gasteiger partial charge in [-0.25, -0.2) is 0 Å². The van der Waals surface area contributed by atoms with E-state index in [1.807, 2.05) is 48.7 Å². The predicted molar refractivity (Wildman–Crippen MR) is 159 cm³/mol. The molecule has 0 fully saturated rings. The van der Waals surface area contributed by atoms with Crippen LogP contribution in [0.3, 0.4) is 0 Å². The number of nitrogens with one attached hydrogen (secondary N) is 2. The molecular weight excluding hydrogens is 520 g/mol. The van der Waals surface area contributed by atoms with E-state index in [-0.39, 0.29) is 18.1 Å². The van der Waals surface area contributed by atoms with Crippen molar-refractivity contribution in [2.75, 3.05) is 27.4 Å². The first kappa shape index (κ1) is 24.7. The van der Waals surface area contributed by atoms with Gasteiger partial charge in [0.2, 0.25) is 0 Å². The molecule has 0 saturated heterocycles. The van der Waals surface area contributed by atoms with E-state index in [1.54, 1.807) is 29.8 Å². The van der Waals surface area contributed by atoms with E-state index in [2.05, 4.69) is 21.4 Å². The first-order chi connectivity index (χ1) is 20.1. The van der Waals surface area contributed by atoms with Crippen LogP contribution in [0.1, 0.15) is 5.56 Å². The van der Waals surface area contributed by atoms with Gasteiger partial charge in [0.05, 0.1) is 36.2 Å². The Bertz CT molecular complexity index is 2160. The Morgan fingerprint density at radius 2 is 1.85 bits per heavy atom. The SMILES string of the molecule is COc1ccc2c(c1OC)c(=O)n1c3ccc(OCC(=O)NCCc4c[nH]c5ccccc45)cc3c3ccnc2c31. The number of nitrogens with zero attached hydrogens (tertiary/aromatic N) is 2. The van der Waals surface area contributed by atoms with Gasteiger partial charge in [0.25, 0.3) is 11.5 Å². The number of rotatable bonds is 8. The van der Waals surface area contributed by atoms with Crippen molar-refractivity contribution in [1.29, 1.82) is 0 Å². The number of carbonyl (C=O) groups is 1. The molecule has 4 aromatic heterocycles. The Labute approximate surface area is 233 Å². The van der Waals surface area contributed by atoms with Crippen LogP contribution in [0.5, 0.6) is 17.2 Å². The van der Waals surface area contributed by atoms with Crippen LogP contribution in [-0.2, 0) is 11.2 Å². The molecule has 2 N–H and O–H groups in total. The Balaban J connectivity index is 1.17. The van der Waals surface area contributed by atoms with Crippen molar-refractivity contribution in [3.63, 3.8) is 0 Å². The van der Waals surface area contributed by atoms with E-state index in [0.29, 0.717) is 52.0 Å². The summed E-state index contributed by atoms with van der Waals surface area (Å²) in [7, 11) is 3.06. The summed E-state index contributed by atoms with van der Waals surface area (Å²) in [5.74, 6) is 1.17. The number of amides is 1. The standard InChI is InChI=1S/C32H26N4O5/c1-39-26-10-8-22-28(31(26)40-2)32(38)36-25-9-7-19(15-23(25)21-12-14-34-29(22)30(21)36)41-17-27(37)33-13-11-18-16-35-24-6-4-3-5-20(18)24/h3-10,12,14-16,35H,11,13,17H2,1-2H3,(H,33,37). The molecule has 0 atom stereocenters. The topological polar surface area (TPSA) is 107 Å². The van der Waals surface area contributed by atoms with Gasteiger partial charge < -0.3 is 24.5 Å². The lowest BCUT2D eigenvalue weighted by atomic mass is 10.1. The summed E-state index contributed by atoms with van der Waals surface area (Å²) in [5, 5.41) is 6.88. The number of para-hydroxylation sites is 1. The smallest absolute Gasteiger partial charge is 0.267 e. The number of ether oxygens (including phenoxy) is 3. The minimum Gasteiger partial charge on any atom is -0.493 e. The number of hydrogen-bond acceptors (Lipinski definition) is 6. The summed E-state index contributed by atoms with van der Waals surface area (Å²) in [5.41, 5.74) is 4.13. The van der Waals surface area contributed by atoms with Gasteiger partial charge in [0, 0.05) is 46.0 Å². The van der Waals surface area contributed by atoms with Gasteiger partial charge in [-0.1, -0.05) is 18.2 Å².